The lowest BCUT2D eigenvalue weighted by atomic mass is 10.1. The van der Waals surface area contributed by atoms with E-state index in [1.165, 1.54) is 36.9 Å². The predicted octanol–water partition coefficient (Wildman–Crippen LogP) is 7.74. The van der Waals surface area contributed by atoms with Gasteiger partial charge in [-0.1, -0.05) is 26.0 Å². The van der Waals surface area contributed by atoms with Crippen LogP contribution in [-0.2, 0) is 34.8 Å². The Morgan fingerprint density at radius 2 is 1.21 bits per heavy atom. The van der Waals surface area contributed by atoms with E-state index in [0.717, 1.165) is 9.36 Å². The molecule has 0 aliphatic carbocycles. The van der Waals surface area contributed by atoms with Crippen molar-refractivity contribution in [3.63, 3.8) is 0 Å². The van der Waals surface area contributed by atoms with Gasteiger partial charge in [0.15, 0.2) is 0 Å². The van der Waals surface area contributed by atoms with Crippen LogP contribution in [0.2, 0.25) is 0 Å². The van der Waals surface area contributed by atoms with E-state index in [1.807, 2.05) is 0 Å². The highest BCUT2D eigenvalue weighted by molar-refractivity contribution is 8.26. The Bertz CT molecular complexity index is 1310. The molecule has 4 aromatic rings. The lowest BCUT2D eigenvalue weighted by Gasteiger charge is -2.11. The Hall–Kier alpha value is -2.43. The molecule has 240 valence electrons. The third-order valence-electron chi connectivity index (χ3n) is 4.67. The normalized spacial score (nSPS) is 11.1. The topological polar surface area (TPSA) is 98.7 Å². The van der Waals surface area contributed by atoms with Crippen LogP contribution in [0, 0.1) is 0 Å². The van der Waals surface area contributed by atoms with Gasteiger partial charge in [-0.15, -0.1) is 24.0 Å². The van der Waals surface area contributed by atoms with Crippen LogP contribution in [0.1, 0.15) is 26.3 Å². The van der Waals surface area contributed by atoms with Crippen molar-refractivity contribution in [3.8, 4) is 22.8 Å². The van der Waals surface area contributed by atoms with Crippen molar-refractivity contribution in [2.24, 2.45) is 0 Å². The highest BCUT2D eigenvalue weighted by Crippen LogP contribution is 2.26. The van der Waals surface area contributed by atoms with Crippen molar-refractivity contribution < 1.29 is 37.0 Å². The first-order valence-electron chi connectivity index (χ1n) is 12.1. The molecule has 0 fully saturated rings. The summed E-state index contributed by atoms with van der Waals surface area (Å²) in [5.41, 5.74) is 2.40. The van der Waals surface area contributed by atoms with Gasteiger partial charge in [-0.05, 0) is 29.8 Å². The van der Waals surface area contributed by atoms with Crippen LogP contribution in [-0.4, -0.2) is 51.2 Å². The van der Waals surface area contributed by atoms with E-state index >= 15 is 0 Å². The number of aliphatic hydroxyl groups is 1. The van der Waals surface area contributed by atoms with Crippen LogP contribution < -0.4 is 0 Å². The second-order valence-electron chi connectivity index (χ2n) is 7.48. The first kappa shape index (κ1) is 38.6. The molecule has 4 aromatic heterocycles. The Morgan fingerprint density at radius 3 is 1.56 bits per heavy atom. The number of hydrogen-bond donors (Lipinski definition) is 1. The highest BCUT2D eigenvalue weighted by atomic mass is 36.0. The second-order valence-corrected chi connectivity index (χ2v) is 10.3. The van der Waals surface area contributed by atoms with E-state index < -0.39 is 34.7 Å². The molecule has 1 N–H and O–H groups in total. The first-order chi connectivity index (χ1) is 20.2. The highest BCUT2D eigenvalue weighted by Gasteiger charge is 2.30. The van der Waals surface area contributed by atoms with Crippen molar-refractivity contribution in [3.05, 3.63) is 72.3 Å². The molecular formula is C24H26Cl4F6N6O2S. The van der Waals surface area contributed by atoms with Crippen LogP contribution in [0.15, 0.2) is 61.2 Å². The molecule has 0 bridgehead atoms. The minimum atomic E-state index is -4.35. The maximum Gasteiger partial charge on any atom is 0.408 e. The molecule has 0 radical (unpaired) electrons. The SMILES string of the molecule is Cl.FC(F)(F)Cn1nccc1-c1ncccc1CCl.O=S(Cl)Cl.OCc1cccnc1-c1ccnn1CC(F)(F)F.[2H]CC. The number of rotatable bonds is 6. The standard InChI is InChI=1S/C11H9ClF3N3.C11H10F3N3O.C2H6.Cl2OS.ClH/c12-6-8-2-1-4-16-10(8)9-3-5-17-18(9)7-11(13,14)15;12-11(13,14)7-17-9(3-5-16-17)10-8(6-18)2-1-4-15-10;1-2;1-4(2)3;/h1-5H,6-7H2;1-5,18H,6-7H2;1-2H3;;1H/i;;1D;;. The van der Waals surface area contributed by atoms with E-state index in [0.29, 0.717) is 35.1 Å². The second kappa shape index (κ2) is 19.8. The smallest absolute Gasteiger partial charge is 0.392 e. The number of hydrogen-bond acceptors (Lipinski definition) is 6. The molecule has 0 aliphatic heterocycles. The summed E-state index contributed by atoms with van der Waals surface area (Å²) in [6.45, 7) is -0.329. The van der Waals surface area contributed by atoms with E-state index in [2.05, 4.69) is 41.5 Å². The summed E-state index contributed by atoms with van der Waals surface area (Å²) in [6, 6.07) is 9.55. The van der Waals surface area contributed by atoms with Crippen molar-refractivity contribution in [2.45, 2.75) is 51.8 Å². The summed E-state index contributed by atoms with van der Waals surface area (Å²) in [7, 11) is 7.36. The van der Waals surface area contributed by atoms with E-state index in [-0.39, 0.29) is 30.6 Å². The minimum absolute atomic E-state index is 0. The average molecular weight is 719 g/mol. The summed E-state index contributed by atoms with van der Waals surface area (Å²) in [5.74, 6) is 0.181. The fourth-order valence-corrected chi connectivity index (χ4v) is 3.45. The molecular weight excluding hydrogens is 692 g/mol. The van der Waals surface area contributed by atoms with Crippen molar-refractivity contribution >= 4 is 54.6 Å². The van der Waals surface area contributed by atoms with Crippen LogP contribution in [0.25, 0.3) is 22.8 Å². The van der Waals surface area contributed by atoms with Gasteiger partial charge in [-0.2, -0.15) is 36.5 Å². The van der Waals surface area contributed by atoms with Crippen molar-refractivity contribution in [2.75, 3.05) is 0 Å². The van der Waals surface area contributed by atoms with Gasteiger partial charge in [-0.25, -0.2) is 4.21 Å². The van der Waals surface area contributed by atoms with Crippen LogP contribution in [0.3, 0.4) is 0 Å². The van der Waals surface area contributed by atoms with E-state index in [9.17, 15) is 26.3 Å². The van der Waals surface area contributed by atoms with Gasteiger partial charge >= 0.3 is 12.4 Å². The van der Waals surface area contributed by atoms with Gasteiger partial charge in [0.2, 0.25) is 9.23 Å². The maximum absolute atomic E-state index is 12.4. The van der Waals surface area contributed by atoms with Crippen LogP contribution in [0.4, 0.5) is 26.3 Å². The molecule has 0 saturated heterocycles. The Kier molecular flexibility index (Phi) is 17.7. The molecule has 0 aromatic carbocycles. The molecule has 0 spiro atoms. The summed E-state index contributed by atoms with van der Waals surface area (Å²) in [6.07, 6.45) is -3.12. The monoisotopic (exact) mass is 717 g/mol. The average Bonchev–Trinajstić information content (AvgIpc) is 3.56. The summed E-state index contributed by atoms with van der Waals surface area (Å²) in [4.78, 5) is 8.06. The summed E-state index contributed by atoms with van der Waals surface area (Å²) < 4.78 is 91.3. The quantitative estimate of drug-likeness (QED) is 0.125. The number of halogens is 10. The Labute approximate surface area is 267 Å². The molecule has 4 rings (SSSR count). The third-order valence-corrected chi connectivity index (χ3v) is 4.96. The van der Waals surface area contributed by atoms with Gasteiger partial charge in [0.1, 0.15) is 13.1 Å². The van der Waals surface area contributed by atoms with Crippen molar-refractivity contribution in [1.29, 1.82) is 0 Å². The number of pyridine rings is 2. The van der Waals surface area contributed by atoms with Gasteiger partial charge in [-0.3, -0.25) is 19.3 Å². The van der Waals surface area contributed by atoms with Gasteiger partial charge in [0, 0.05) is 59.0 Å². The Morgan fingerprint density at radius 1 is 0.837 bits per heavy atom. The van der Waals surface area contributed by atoms with Crippen LogP contribution >= 0.6 is 45.4 Å². The summed E-state index contributed by atoms with van der Waals surface area (Å²) >= 11 is 5.74. The van der Waals surface area contributed by atoms with E-state index in [1.54, 1.807) is 31.2 Å². The minimum Gasteiger partial charge on any atom is -0.392 e. The molecule has 0 aliphatic rings. The van der Waals surface area contributed by atoms with Crippen LogP contribution in [0.5, 0.6) is 0 Å². The molecule has 0 unspecified atom stereocenters. The summed E-state index contributed by atoms with van der Waals surface area (Å²) in [5, 5.41) is 16.4. The number of alkyl halides is 7. The zero-order valence-electron chi connectivity index (χ0n) is 23.1. The zero-order chi connectivity index (χ0) is 32.6. The van der Waals surface area contributed by atoms with Gasteiger partial charge < -0.3 is 5.11 Å². The first-order valence-corrected chi connectivity index (χ1v) is 14.8. The third kappa shape index (κ3) is 14.7. The lowest BCUT2D eigenvalue weighted by molar-refractivity contribution is -0.143. The molecule has 19 heteroatoms. The number of nitrogens with zero attached hydrogens (tertiary/aromatic N) is 6. The fraction of sp³-hybridized carbons (Fsp3) is 0.333. The fourth-order valence-electron chi connectivity index (χ4n) is 3.23. The van der Waals surface area contributed by atoms with Gasteiger partial charge in [0.05, 0.1) is 29.4 Å². The molecule has 0 amide bonds. The van der Waals surface area contributed by atoms with Gasteiger partial charge in [0.25, 0.3) is 0 Å². The lowest BCUT2D eigenvalue weighted by Crippen LogP contribution is -2.19. The maximum atomic E-state index is 12.4. The van der Waals surface area contributed by atoms with Crippen molar-refractivity contribution in [1.82, 2.24) is 29.5 Å². The predicted molar refractivity (Wildman–Crippen MR) is 157 cm³/mol. The zero-order valence-corrected chi connectivity index (χ0v) is 26.0. The largest absolute Gasteiger partial charge is 0.408 e. The molecule has 0 atom stereocenters. The molecule has 43 heavy (non-hydrogen) atoms. The van der Waals surface area contributed by atoms with E-state index in [4.69, 9.17) is 22.3 Å². The Balaban J connectivity index is 0.000000682. The number of aromatic nitrogens is 6. The molecule has 8 nitrogen and oxygen atoms in total. The molecule has 0 saturated carbocycles. The molecule has 4 heterocycles. The number of aliphatic hydroxyl groups excluding tert-OH is 1.